The average Bonchev–Trinajstić information content (AvgIpc) is 2.34. The number of hydrogen-bond acceptors (Lipinski definition) is 1. The van der Waals surface area contributed by atoms with Crippen molar-refractivity contribution in [3.05, 3.63) is 0 Å². The van der Waals surface area contributed by atoms with Crippen LogP contribution < -0.4 is 0 Å². The van der Waals surface area contributed by atoms with Crippen LogP contribution in [0.15, 0.2) is 0 Å². The molecule has 0 atom stereocenters. The lowest BCUT2D eigenvalue weighted by molar-refractivity contribution is 0.533. The number of nitrogens with zero attached hydrogens (tertiary/aromatic N) is 1. The molecule has 1 aliphatic heterocycles. The maximum Gasteiger partial charge on any atom is 0.0201 e. The monoisotopic (exact) mass is 223 g/mol. The van der Waals surface area contributed by atoms with Gasteiger partial charge in [0, 0.05) is 36.0 Å². The zero-order valence-corrected chi connectivity index (χ0v) is 7.02. The van der Waals surface area contributed by atoms with Crippen LogP contribution >= 0.6 is 22.9 Å². The SMILES string of the molecule is IN1CCC2(CC2)C1. The van der Waals surface area contributed by atoms with Gasteiger partial charge in [0.05, 0.1) is 0 Å². The molecule has 0 radical (unpaired) electrons. The van der Waals surface area contributed by atoms with Crippen molar-refractivity contribution in [2.75, 3.05) is 13.1 Å². The predicted molar refractivity (Wildman–Crippen MR) is 41.9 cm³/mol. The number of hydrogen-bond donors (Lipinski definition) is 0. The second-order valence-corrected chi connectivity index (χ2v) is 4.46. The Morgan fingerprint density at radius 3 is 2.25 bits per heavy atom. The van der Waals surface area contributed by atoms with E-state index < -0.39 is 0 Å². The Kier molecular flexibility index (Phi) is 1.09. The van der Waals surface area contributed by atoms with Crippen LogP contribution in [0, 0.1) is 5.41 Å². The molecule has 0 aromatic carbocycles. The molecule has 0 N–H and O–H groups in total. The van der Waals surface area contributed by atoms with Crippen molar-refractivity contribution in [3.63, 3.8) is 0 Å². The van der Waals surface area contributed by atoms with Gasteiger partial charge in [-0.2, -0.15) is 0 Å². The number of rotatable bonds is 0. The molecule has 2 heteroatoms. The van der Waals surface area contributed by atoms with Crippen LogP contribution in [0.1, 0.15) is 19.3 Å². The van der Waals surface area contributed by atoms with Crippen molar-refractivity contribution >= 4 is 22.9 Å². The van der Waals surface area contributed by atoms with Crippen LogP contribution in [0.25, 0.3) is 0 Å². The highest BCUT2D eigenvalue weighted by molar-refractivity contribution is 14.1. The molecule has 1 nitrogen and oxygen atoms in total. The zero-order chi connectivity index (χ0) is 5.61. The van der Waals surface area contributed by atoms with Crippen molar-refractivity contribution < 1.29 is 0 Å². The normalized spacial score (nSPS) is 34.1. The fraction of sp³-hybridized carbons (Fsp3) is 1.00. The Balaban J connectivity index is 2.03. The topological polar surface area (TPSA) is 3.24 Å². The highest BCUT2D eigenvalue weighted by Crippen LogP contribution is 2.53. The summed E-state index contributed by atoms with van der Waals surface area (Å²) in [7, 11) is 0. The van der Waals surface area contributed by atoms with Crippen LogP contribution in [-0.2, 0) is 0 Å². The summed E-state index contributed by atoms with van der Waals surface area (Å²) in [6.07, 6.45) is 4.48. The first-order chi connectivity index (χ1) is 3.81. The van der Waals surface area contributed by atoms with E-state index in [9.17, 15) is 0 Å². The van der Waals surface area contributed by atoms with Crippen LogP contribution in [0.2, 0.25) is 0 Å². The van der Waals surface area contributed by atoms with Gasteiger partial charge in [-0.3, -0.25) is 0 Å². The fourth-order valence-electron chi connectivity index (χ4n) is 1.47. The van der Waals surface area contributed by atoms with Gasteiger partial charge in [-0.25, -0.2) is 3.11 Å². The van der Waals surface area contributed by atoms with Crippen molar-refractivity contribution in [2.45, 2.75) is 19.3 Å². The van der Waals surface area contributed by atoms with Crippen LogP contribution in [0.5, 0.6) is 0 Å². The van der Waals surface area contributed by atoms with Crippen LogP contribution in [0.4, 0.5) is 0 Å². The Labute approximate surface area is 63.9 Å². The molecule has 0 aromatic rings. The van der Waals surface area contributed by atoms with E-state index in [1.54, 1.807) is 0 Å². The first-order valence-corrected chi connectivity index (χ1v) is 4.18. The maximum absolute atomic E-state index is 2.43. The lowest BCUT2D eigenvalue weighted by atomic mass is 10.1. The summed E-state index contributed by atoms with van der Waals surface area (Å²) in [5.74, 6) is 0. The van der Waals surface area contributed by atoms with Gasteiger partial charge in [-0.15, -0.1) is 0 Å². The molecule has 0 amide bonds. The third-order valence-electron chi connectivity index (χ3n) is 2.35. The largest absolute Gasteiger partial charge is 0.247 e. The summed E-state index contributed by atoms with van der Waals surface area (Å²) < 4.78 is 2.42. The quantitative estimate of drug-likeness (QED) is 0.447. The third kappa shape index (κ3) is 0.778. The smallest absolute Gasteiger partial charge is 0.0201 e. The minimum absolute atomic E-state index is 0.835. The molecule has 1 spiro atoms. The van der Waals surface area contributed by atoms with Crippen LogP contribution in [-0.4, -0.2) is 16.2 Å². The Hall–Kier alpha value is 0.690. The van der Waals surface area contributed by atoms with Gasteiger partial charge in [0.25, 0.3) is 0 Å². The summed E-state index contributed by atoms with van der Waals surface area (Å²) in [5.41, 5.74) is 0.835. The lowest BCUT2D eigenvalue weighted by Crippen LogP contribution is -2.06. The molecule has 2 fully saturated rings. The van der Waals surface area contributed by atoms with E-state index in [0.29, 0.717) is 0 Å². The van der Waals surface area contributed by atoms with E-state index >= 15 is 0 Å². The molecule has 2 rings (SSSR count). The summed E-state index contributed by atoms with van der Waals surface area (Å²) in [6, 6.07) is 0. The minimum Gasteiger partial charge on any atom is -0.247 e. The molecule has 1 saturated carbocycles. The molecule has 46 valence electrons. The number of halogens is 1. The Bertz CT molecular complexity index is 109. The van der Waals surface area contributed by atoms with Gasteiger partial charge in [-0.1, -0.05) is 0 Å². The summed E-state index contributed by atoms with van der Waals surface area (Å²) in [5, 5.41) is 0. The molecule has 8 heavy (non-hydrogen) atoms. The van der Waals surface area contributed by atoms with Gasteiger partial charge >= 0.3 is 0 Å². The summed E-state index contributed by atoms with van der Waals surface area (Å²) in [6.45, 7) is 2.70. The molecular weight excluding hydrogens is 213 g/mol. The average molecular weight is 223 g/mol. The van der Waals surface area contributed by atoms with E-state index in [1.807, 2.05) is 0 Å². The van der Waals surface area contributed by atoms with Gasteiger partial charge < -0.3 is 0 Å². The first kappa shape index (κ1) is 5.47. The van der Waals surface area contributed by atoms with Gasteiger partial charge in [0.1, 0.15) is 0 Å². The van der Waals surface area contributed by atoms with Crippen molar-refractivity contribution in [1.82, 2.24) is 3.11 Å². The molecule has 0 unspecified atom stereocenters. The molecule has 2 aliphatic rings. The lowest BCUT2D eigenvalue weighted by Gasteiger charge is -2.02. The minimum atomic E-state index is 0.835. The third-order valence-corrected chi connectivity index (χ3v) is 3.17. The van der Waals surface area contributed by atoms with Crippen molar-refractivity contribution in [1.29, 1.82) is 0 Å². The Morgan fingerprint density at radius 1 is 1.25 bits per heavy atom. The highest BCUT2D eigenvalue weighted by atomic mass is 127. The van der Waals surface area contributed by atoms with Gasteiger partial charge in [0.15, 0.2) is 0 Å². The van der Waals surface area contributed by atoms with Crippen molar-refractivity contribution in [2.24, 2.45) is 5.41 Å². The van der Waals surface area contributed by atoms with Gasteiger partial charge in [-0.05, 0) is 24.7 Å². The summed E-state index contributed by atoms with van der Waals surface area (Å²) in [4.78, 5) is 0. The second-order valence-electron chi connectivity index (χ2n) is 3.09. The van der Waals surface area contributed by atoms with E-state index in [4.69, 9.17) is 0 Å². The fourth-order valence-corrected chi connectivity index (χ4v) is 2.43. The molecule has 1 saturated heterocycles. The van der Waals surface area contributed by atoms with E-state index in [-0.39, 0.29) is 0 Å². The van der Waals surface area contributed by atoms with Crippen LogP contribution in [0.3, 0.4) is 0 Å². The van der Waals surface area contributed by atoms with Gasteiger partial charge in [0.2, 0.25) is 0 Å². The second kappa shape index (κ2) is 1.59. The molecule has 1 aliphatic carbocycles. The molecular formula is C6H10IN. The molecule has 1 heterocycles. The van der Waals surface area contributed by atoms with E-state index in [1.165, 1.54) is 32.4 Å². The maximum atomic E-state index is 2.43. The van der Waals surface area contributed by atoms with E-state index in [2.05, 4.69) is 26.0 Å². The first-order valence-electron chi connectivity index (χ1n) is 3.22. The molecule has 0 bridgehead atoms. The zero-order valence-electron chi connectivity index (χ0n) is 4.86. The molecule has 0 aromatic heterocycles. The Morgan fingerprint density at radius 2 is 2.00 bits per heavy atom. The van der Waals surface area contributed by atoms with E-state index in [0.717, 1.165) is 5.41 Å². The summed E-state index contributed by atoms with van der Waals surface area (Å²) >= 11 is 2.43. The van der Waals surface area contributed by atoms with Crippen molar-refractivity contribution in [3.8, 4) is 0 Å². The standard InChI is InChI=1S/C6H10IN/c7-8-4-3-6(5-8)1-2-6/h1-5H2. The predicted octanol–water partition coefficient (Wildman–Crippen LogP) is 1.82. The highest BCUT2D eigenvalue weighted by Gasteiger charge is 2.46.